The number of aromatic nitrogens is 2. The molecule has 0 bridgehead atoms. The summed E-state index contributed by atoms with van der Waals surface area (Å²) < 4.78 is 24.9. The minimum atomic E-state index is -3.69. The van der Waals surface area contributed by atoms with E-state index in [2.05, 4.69) is 17.6 Å². The minimum Gasteiger partial charge on any atom is -0.278 e. The van der Waals surface area contributed by atoms with Crippen LogP contribution in [0.4, 0.5) is 0 Å². The third kappa shape index (κ3) is 1.81. The molecule has 0 fully saturated rings. The van der Waals surface area contributed by atoms with Crippen LogP contribution in [0, 0.1) is 0 Å². The lowest BCUT2D eigenvalue weighted by atomic mass is 10.7. The van der Waals surface area contributed by atoms with Crippen LogP contribution in [0.25, 0.3) is 0 Å². The van der Waals surface area contributed by atoms with Crippen molar-refractivity contribution < 1.29 is 13.2 Å². The summed E-state index contributed by atoms with van der Waals surface area (Å²) in [4.78, 5) is 14.5. The lowest BCUT2D eigenvalue weighted by Gasteiger charge is -2.12. The summed E-state index contributed by atoms with van der Waals surface area (Å²) in [6.07, 6.45) is 2.42. The van der Waals surface area contributed by atoms with Crippen molar-refractivity contribution in [1.29, 1.82) is 0 Å². The van der Waals surface area contributed by atoms with Crippen molar-refractivity contribution in [2.24, 2.45) is 0 Å². The Labute approximate surface area is 87.1 Å². The lowest BCUT2D eigenvalue weighted by Crippen LogP contribution is -2.30. The Morgan fingerprint density at radius 1 is 1.57 bits per heavy atom. The summed E-state index contributed by atoms with van der Waals surface area (Å²) in [5.74, 6) is -0.220. The van der Waals surface area contributed by atoms with E-state index in [9.17, 15) is 13.2 Å². The molecule has 0 unspecified atom stereocenters. The highest BCUT2D eigenvalue weighted by Gasteiger charge is 2.21. The number of hydrogen-bond acceptors (Lipinski definition) is 4. The van der Waals surface area contributed by atoms with Gasteiger partial charge in [0.05, 0.1) is 0 Å². The van der Waals surface area contributed by atoms with Gasteiger partial charge in [0.1, 0.15) is 0 Å². The highest BCUT2D eigenvalue weighted by atomic mass is 32.2. The molecule has 0 N–H and O–H groups in total. The maximum Gasteiger partial charge on any atom is 0.308 e. The van der Waals surface area contributed by atoms with Crippen molar-refractivity contribution in [1.82, 2.24) is 13.3 Å². The third-order valence-electron chi connectivity index (χ3n) is 1.51. The molecule has 0 radical (unpaired) electrons. The van der Waals surface area contributed by atoms with Gasteiger partial charge in [-0.3, -0.25) is 4.79 Å². The highest BCUT2D eigenvalue weighted by molar-refractivity contribution is 7.97. The number of carbonyl (C=O) groups excluding carboxylic acids is 1. The fraction of sp³-hybridized carbons (Fsp3) is 0.333. The third-order valence-corrected chi connectivity index (χ3v) is 3.42. The molecule has 0 atom stereocenters. The number of nitrogens with zero attached hydrogens (tertiary/aromatic N) is 3. The van der Waals surface area contributed by atoms with E-state index < -0.39 is 15.3 Å². The van der Waals surface area contributed by atoms with Crippen molar-refractivity contribution in [3.8, 4) is 0 Å². The van der Waals surface area contributed by atoms with Crippen LogP contribution in [0.15, 0.2) is 12.4 Å². The molecule has 0 amide bonds. The number of rotatable bonds is 3. The number of imidazole rings is 1. The van der Waals surface area contributed by atoms with E-state index in [1.807, 2.05) is 0 Å². The van der Waals surface area contributed by atoms with E-state index in [0.29, 0.717) is 0 Å². The molecule has 0 aromatic carbocycles. The second-order valence-electron chi connectivity index (χ2n) is 2.64. The largest absolute Gasteiger partial charge is 0.308 e. The van der Waals surface area contributed by atoms with Crippen LogP contribution in [-0.4, -0.2) is 40.9 Å². The monoisotopic (exact) mass is 235 g/mol. The quantitative estimate of drug-likeness (QED) is 0.724. The number of hydrogen-bond donors (Lipinski definition) is 1. The molecule has 0 saturated carbocycles. The van der Waals surface area contributed by atoms with Crippen molar-refractivity contribution in [2.75, 3.05) is 14.1 Å². The van der Waals surface area contributed by atoms with E-state index in [1.54, 1.807) is 0 Å². The van der Waals surface area contributed by atoms with Gasteiger partial charge in [-0.1, -0.05) is 12.6 Å². The molecule has 14 heavy (non-hydrogen) atoms. The van der Waals surface area contributed by atoms with E-state index in [0.717, 1.165) is 8.28 Å². The zero-order valence-electron chi connectivity index (χ0n) is 7.58. The average Bonchev–Trinajstić information content (AvgIpc) is 2.51. The number of thiol groups is 1. The van der Waals surface area contributed by atoms with Crippen molar-refractivity contribution >= 4 is 28.0 Å². The molecule has 8 heteroatoms. The SMILES string of the molecule is CN(C)S(=O)(=O)n1ccnc1C(=O)S. The van der Waals surface area contributed by atoms with Crippen molar-refractivity contribution in [2.45, 2.75) is 0 Å². The lowest BCUT2D eigenvalue weighted by molar-refractivity contribution is 0.108. The van der Waals surface area contributed by atoms with Gasteiger partial charge < -0.3 is 0 Å². The zero-order valence-corrected chi connectivity index (χ0v) is 9.29. The Morgan fingerprint density at radius 2 is 2.14 bits per heavy atom. The molecular formula is C6H9N3O3S2. The smallest absolute Gasteiger partial charge is 0.278 e. The fourth-order valence-corrected chi connectivity index (χ4v) is 1.95. The van der Waals surface area contributed by atoms with Crippen LogP contribution >= 0.6 is 12.6 Å². The molecule has 6 nitrogen and oxygen atoms in total. The first kappa shape index (κ1) is 11.2. The van der Waals surface area contributed by atoms with Gasteiger partial charge in [0.15, 0.2) is 0 Å². The van der Waals surface area contributed by atoms with Crippen molar-refractivity contribution in [3.05, 3.63) is 18.2 Å². The molecule has 0 saturated heterocycles. The molecule has 0 aliphatic heterocycles. The second kappa shape index (κ2) is 3.71. The van der Waals surface area contributed by atoms with Crippen LogP contribution in [0.5, 0.6) is 0 Å². The molecular weight excluding hydrogens is 226 g/mol. The van der Waals surface area contributed by atoms with Crippen molar-refractivity contribution in [3.63, 3.8) is 0 Å². The summed E-state index contributed by atoms with van der Waals surface area (Å²) in [7, 11) is -0.965. The first-order valence-corrected chi connectivity index (χ1v) is 5.41. The maximum atomic E-state index is 11.6. The Bertz CT molecular complexity index is 449. The van der Waals surface area contributed by atoms with Gasteiger partial charge in [-0.25, -0.2) is 8.96 Å². The van der Waals surface area contributed by atoms with Crippen LogP contribution in [-0.2, 0) is 10.2 Å². The topological polar surface area (TPSA) is 72.3 Å². The first-order valence-electron chi connectivity index (χ1n) is 3.57. The Morgan fingerprint density at radius 3 is 2.57 bits per heavy atom. The Kier molecular flexibility index (Phi) is 2.98. The van der Waals surface area contributed by atoms with E-state index in [-0.39, 0.29) is 5.82 Å². The molecule has 0 spiro atoms. The summed E-state index contributed by atoms with van der Waals surface area (Å²) in [5, 5.41) is -0.694. The van der Waals surface area contributed by atoms with Gasteiger partial charge in [0.25, 0.3) is 5.12 Å². The van der Waals surface area contributed by atoms with E-state index in [1.165, 1.54) is 26.5 Å². The van der Waals surface area contributed by atoms with Crippen LogP contribution in [0.3, 0.4) is 0 Å². The minimum absolute atomic E-state index is 0.220. The molecule has 0 aliphatic rings. The van der Waals surface area contributed by atoms with Crippen LogP contribution in [0.2, 0.25) is 0 Å². The predicted molar refractivity (Wildman–Crippen MR) is 53.5 cm³/mol. The van der Waals surface area contributed by atoms with E-state index >= 15 is 0 Å². The fourth-order valence-electron chi connectivity index (χ4n) is 0.804. The molecule has 78 valence electrons. The van der Waals surface area contributed by atoms with E-state index in [4.69, 9.17) is 0 Å². The Hall–Kier alpha value is -0.860. The molecule has 1 heterocycles. The molecule has 1 aromatic heterocycles. The van der Waals surface area contributed by atoms with Crippen LogP contribution in [0.1, 0.15) is 10.6 Å². The molecule has 0 aliphatic carbocycles. The predicted octanol–water partition coefficient (Wildman–Crippen LogP) is -0.392. The summed E-state index contributed by atoms with van der Waals surface area (Å²) in [5.41, 5.74) is 0. The number of carbonyl (C=O) groups is 1. The van der Waals surface area contributed by atoms with Gasteiger partial charge in [-0.2, -0.15) is 12.7 Å². The average molecular weight is 235 g/mol. The standard InChI is InChI=1S/C6H9N3O3S2/c1-8(2)14(11,12)9-4-3-7-5(9)6(10)13/h3-4H,1-2H3,(H,10,13). The maximum absolute atomic E-state index is 11.6. The molecule has 1 aromatic rings. The van der Waals surface area contributed by atoms with Gasteiger partial charge in [-0.05, 0) is 0 Å². The van der Waals surface area contributed by atoms with Gasteiger partial charge in [-0.15, -0.1) is 0 Å². The van der Waals surface area contributed by atoms with Gasteiger partial charge >= 0.3 is 10.2 Å². The second-order valence-corrected chi connectivity index (χ2v) is 5.07. The highest BCUT2D eigenvalue weighted by Crippen LogP contribution is 2.07. The zero-order chi connectivity index (χ0) is 10.9. The van der Waals surface area contributed by atoms with Crippen LogP contribution < -0.4 is 0 Å². The summed E-state index contributed by atoms with van der Waals surface area (Å²) in [6.45, 7) is 0. The van der Waals surface area contributed by atoms with Gasteiger partial charge in [0, 0.05) is 26.5 Å². The first-order chi connectivity index (χ1) is 6.37. The summed E-state index contributed by atoms with van der Waals surface area (Å²) in [6, 6.07) is 0. The normalized spacial score (nSPS) is 12.0. The molecule has 1 rings (SSSR count). The van der Waals surface area contributed by atoms with Gasteiger partial charge in [0.2, 0.25) is 5.82 Å². The Balaban J connectivity index is 3.34. The summed E-state index contributed by atoms with van der Waals surface area (Å²) >= 11 is 3.52.